The molecule has 7 aliphatic heterocycles. The molecule has 6 saturated heterocycles. The van der Waals surface area contributed by atoms with Crippen LogP contribution in [0.15, 0.2) is 42.6 Å². The molecule has 392 valence electrons. The number of rotatable bonds is 12. The molecule has 3 N–H and O–H groups in total. The number of hydrogen-bond acceptors (Lipinski definition) is 13. The Bertz CT molecular complexity index is 3100. The minimum atomic E-state index is -0.730. The molecule has 3 amide bonds. The average molecular weight is 1040 g/mol. The molecule has 6 fully saturated rings. The Hall–Kier alpha value is -6.19. The van der Waals surface area contributed by atoms with Crippen molar-refractivity contribution in [1.29, 1.82) is 0 Å². The Labute approximate surface area is 440 Å². The fourth-order valence-corrected chi connectivity index (χ4v) is 13.7. The molecule has 7 aliphatic rings. The van der Waals surface area contributed by atoms with Gasteiger partial charge in [0.05, 0.1) is 21.7 Å². The zero-order chi connectivity index (χ0) is 51.5. The molecule has 0 aliphatic carbocycles. The van der Waals surface area contributed by atoms with Gasteiger partial charge in [0.2, 0.25) is 11.8 Å². The fraction of sp³-hybridized carbons (Fsp3) is 0.509. The largest absolute Gasteiger partial charge is 0.508 e. The number of phenolic OH excluding ortho intramolecular Hbond substituents is 1. The molecule has 0 radical (unpaired) electrons. The first-order valence-electron chi connectivity index (χ1n) is 27.0. The summed E-state index contributed by atoms with van der Waals surface area (Å²) in [6.07, 6.45) is 18.2. The van der Waals surface area contributed by atoms with E-state index < -0.39 is 23.6 Å². The van der Waals surface area contributed by atoms with E-state index in [1.807, 2.05) is 12.1 Å². The number of ether oxygens (including phenoxy) is 1. The Balaban J connectivity index is 0.619. The first kappa shape index (κ1) is 49.7. The van der Waals surface area contributed by atoms with Crippen LogP contribution in [-0.2, 0) is 16.1 Å². The summed E-state index contributed by atoms with van der Waals surface area (Å²) < 4.78 is 38.4. The Morgan fingerprint density at radius 3 is 2.27 bits per heavy atom. The van der Waals surface area contributed by atoms with Crippen LogP contribution in [0.25, 0.3) is 32.9 Å². The van der Waals surface area contributed by atoms with Crippen LogP contribution in [0.5, 0.6) is 11.8 Å². The third-order valence-corrected chi connectivity index (χ3v) is 17.9. The van der Waals surface area contributed by atoms with Crippen LogP contribution in [0.1, 0.15) is 92.1 Å². The van der Waals surface area contributed by atoms with Crippen LogP contribution in [0.3, 0.4) is 0 Å². The maximum absolute atomic E-state index is 17.0. The number of carbonyl (C=O) groups is 3. The maximum Gasteiger partial charge on any atom is 0.319 e. The van der Waals surface area contributed by atoms with E-state index in [0.29, 0.717) is 83.8 Å². The molecule has 18 heteroatoms. The second kappa shape index (κ2) is 20.7. The summed E-state index contributed by atoms with van der Waals surface area (Å²) in [4.78, 5) is 62.9. The van der Waals surface area contributed by atoms with Crippen molar-refractivity contribution in [2.24, 2.45) is 17.8 Å². The second-order valence-electron chi connectivity index (χ2n) is 22.1. The number of aromatic hydroxyl groups is 1. The van der Waals surface area contributed by atoms with Gasteiger partial charge in [0.25, 0.3) is 5.91 Å². The van der Waals surface area contributed by atoms with Crippen molar-refractivity contribution < 1.29 is 33.0 Å². The molecule has 5 aromatic rings. The number of nitrogens with one attached hydrogen (secondary N) is 2. The van der Waals surface area contributed by atoms with E-state index in [0.717, 1.165) is 102 Å². The minimum Gasteiger partial charge on any atom is -0.508 e. The number of pyridine rings is 1. The van der Waals surface area contributed by atoms with Crippen molar-refractivity contribution in [3.05, 3.63) is 75.9 Å². The molecule has 9 heterocycles. The van der Waals surface area contributed by atoms with Gasteiger partial charge in [-0.3, -0.25) is 29.6 Å². The van der Waals surface area contributed by atoms with Crippen molar-refractivity contribution in [3.8, 4) is 35.4 Å². The highest BCUT2D eigenvalue weighted by Crippen LogP contribution is 2.42. The monoisotopic (exact) mass is 1040 g/mol. The molecule has 0 spiro atoms. The summed E-state index contributed by atoms with van der Waals surface area (Å²) >= 11 is 7.01. The number of amides is 3. The van der Waals surface area contributed by atoms with E-state index in [9.17, 15) is 19.5 Å². The van der Waals surface area contributed by atoms with E-state index in [2.05, 4.69) is 46.1 Å². The van der Waals surface area contributed by atoms with Crippen molar-refractivity contribution >= 4 is 62.5 Å². The molecule has 3 atom stereocenters. The minimum absolute atomic E-state index is 0.0366. The Kier molecular flexibility index (Phi) is 13.7. The van der Waals surface area contributed by atoms with Crippen LogP contribution < -0.4 is 25.2 Å². The van der Waals surface area contributed by atoms with Crippen LogP contribution in [0.2, 0.25) is 5.02 Å². The SMILES string of the molecule is C#Cc1c(F)ccc2cc(O)cc(-c3ncc4c(N5CC6CCC(C5)N6)nc(OCCN5CCC(CC6CCN(CC7CCN(c8ccc9c(c8Cl)CN(C8CCC(=O)NC8=O)C9=O)CC7)CC6)CC5)nc4c3F)c12. The van der Waals surface area contributed by atoms with Gasteiger partial charge in [0, 0.05) is 92.6 Å². The number of aromatic nitrogens is 3. The lowest BCUT2D eigenvalue weighted by atomic mass is 9.82. The summed E-state index contributed by atoms with van der Waals surface area (Å²) in [6.45, 7) is 9.95. The number of benzene rings is 3. The van der Waals surface area contributed by atoms with Gasteiger partial charge in [-0.1, -0.05) is 23.6 Å². The van der Waals surface area contributed by atoms with E-state index in [1.54, 1.807) is 11.1 Å². The van der Waals surface area contributed by atoms with Gasteiger partial charge >= 0.3 is 6.01 Å². The van der Waals surface area contributed by atoms with E-state index in [4.69, 9.17) is 27.7 Å². The molecule has 3 aromatic carbocycles. The highest BCUT2D eigenvalue weighted by atomic mass is 35.5. The molecular formula is C57H63ClF2N10O5. The van der Waals surface area contributed by atoms with Gasteiger partial charge in [0.15, 0.2) is 5.82 Å². The quantitative estimate of drug-likeness (QED) is 0.0847. The van der Waals surface area contributed by atoms with Crippen LogP contribution in [-0.4, -0.2) is 143 Å². The molecule has 2 bridgehead atoms. The number of piperidine rings is 4. The molecular weight excluding hydrogens is 978 g/mol. The first-order chi connectivity index (χ1) is 36.4. The van der Waals surface area contributed by atoms with Gasteiger partial charge in [-0.25, -0.2) is 8.78 Å². The predicted molar refractivity (Wildman–Crippen MR) is 283 cm³/mol. The number of anilines is 2. The smallest absolute Gasteiger partial charge is 0.319 e. The Morgan fingerprint density at radius 2 is 1.55 bits per heavy atom. The average Bonchev–Trinajstić information content (AvgIpc) is 3.94. The fourth-order valence-electron chi connectivity index (χ4n) is 13.4. The highest BCUT2D eigenvalue weighted by molar-refractivity contribution is 6.35. The molecule has 3 unspecified atom stereocenters. The molecule has 0 saturated carbocycles. The molecule has 2 aromatic heterocycles. The molecule has 15 nitrogen and oxygen atoms in total. The van der Waals surface area contributed by atoms with E-state index >= 15 is 8.78 Å². The highest BCUT2D eigenvalue weighted by Gasteiger charge is 2.41. The standard InChI is InChI=1S/C57H63ClF2N10O5/c1-2-40-45(59)7-3-36-26-39(71)27-42(49(36)40)52-51(60)53-43(28-61-52)54(69-30-37-4-5-38(31-69)62-37)65-57(64-53)75-24-23-66-17-11-33(12-18-66)25-34-13-19-67(20-14-34)29-35-15-21-68(22-16-35)46-8-6-41-44(50(46)58)32-70(56(41)74)47-9-10-48(72)63-55(47)73/h1,3,6-8,26-28,33-35,37-38,47,62,71H,4-5,9-25,29-32H2,(H,63,72,73). The van der Waals surface area contributed by atoms with Gasteiger partial charge in [-0.15, -0.1) is 6.42 Å². The lowest BCUT2D eigenvalue weighted by molar-refractivity contribution is -0.136. The van der Waals surface area contributed by atoms with Crippen LogP contribution in [0.4, 0.5) is 20.3 Å². The zero-order valence-corrected chi connectivity index (χ0v) is 42.9. The second-order valence-corrected chi connectivity index (χ2v) is 22.5. The summed E-state index contributed by atoms with van der Waals surface area (Å²) in [5, 5.41) is 18.5. The van der Waals surface area contributed by atoms with Crippen LogP contribution in [0, 0.1) is 41.7 Å². The van der Waals surface area contributed by atoms with Crippen molar-refractivity contribution in [2.75, 3.05) is 81.9 Å². The summed E-state index contributed by atoms with van der Waals surface area (Å²) in [5.41, 5.74) is 2.32. The van der Waals surface area contributed by atoms with E-state index in [1.165, 1.54) is 43.5 Å². The number of halogens is 3. The number of terminal acetylenes is 1. The molecule has 75 heavy (non-hydrogen) atoms. The van der Waals surface area contributed by atoms with Crippen molar-refractivity contribution in [2.45, 2.75) is 95.3 Å². The maximum atomic E-state index is 17.0. The normalized spacial score (nSPS) is 23.4. The number of likely N-dealkylation sites (tertiary alicyclic amines) is 2. The lowest BCUT2D eigenvalue weighted by Gasteiger charge is -2.40. The number of phenols is 1. The van der Waals surface area contributed by atoms with Crippen LogP contribution >= 0.6 is 11.6 Å². The lowest BCUT2D eigenvalue weighted by Crippen LogP contribution is -2.52. The third kappa shape index (κ3) is 9.83. The number of hydrogen-bond donors (Lipinski definition) is 3. The number of carbonyl (C=O) groups excluding carboxylic acids is 3. The van der Waals surface area contributed by atoms with Crippen molar-refractivity contribution in [3.63, 3.8) is 0 Å². The van der Waals surface area contributed by atoms with Gasteiger partial charge in [-0.2, -0.15) is 9.97 Å². The number of imide groups is 1. The number of nitrogens with zero attached hydrogens (tertiary/aromatic N) is 8. The number of fused-ring (bicyclic) bond motifs is 5. The Morgan fingerprint density at radius 1 is 0.827 bits per heavy atom. The van der Waals surface area contributed by atoms with Gasteiger partial charge in [0.1, 0.15) is 41.2 Å². The third-order valence-electron chi connectivity index (χ3n) is 17.4. The van der Waals surface area contributed by atoms with Gasteiger partial charge < -0.3 is 34.8 Å². The van der Waals surface area contributed by atoms with E-state index in [-0.39, 0.29) is 64.3 Å². The van der Waals surface area contributed by atoms with Crippen molar-refractivity contribution in [1.82, 2.24) is 40.3 Å². The summed E-state index contributed by atoms with van der Waals surface area (Å²) in [6, 6.07) is 9.40. The van der Waals surface area contributed by atoms with Gasteiger partial charge in [-0.05, 0) is 144 Å². The summed E-state index contributed by atoms with van der Waals surface area (Å²) in [7, 11) is 0. The topological polar surface area (TPSA) is 160 Å². The molecule has 12 rings (SSSR count). The predicted octanol–water partition coefficient (Wildman–Crippen LogP) is 7.27. The zero-order valence-electron chi connectivity index (χ0n) is 42.1. The number of piperazine rings is 1. The first-order valence-corrected chi connectivity index (χ1v) is 27.4. The summed E-state index contributed by atoms with van der Waals surface area (Å²) in [5.74, 6) is 2.64.